The zero-order valence-corrected chi connectivity index (χ0v) is 15.3. The van der Waals surface area contributed by atoms with Crippen LogP contribution in [-0.4, -0.2) is 54.1 Å². The third-order valence-electron chi connectivity index (χ3n) is 4.28. The molecule has 1 fully saturated rings. The summed E-state index contributed by atoms with van der Waals surface area (Å²) in [5, 5.41) is 3.05. The summed E-state index contributed by atoms with van der Waals surface area (Å²) >= 11 is 6.30. The number of nitrogens with zero attached hydrogens (tertiary/aromatic N) is 3. The molecule has 3 rings (SSSR count). The van der Waals surface area contributed by atoms with E-state index in [2.05, 4.69) is 10.3 Å². The van der Waals surface area contributed by atoms with Crippen LogP contribution in [-0.2, 0) is 4.79 Å². The number of nitrogens with one attached hydrogen (secondary N) is 1. The van der Waals surface area contributed by atoms with E-state index in [9.17, 15) is 22.8 Å². The molecule has 2 heterocycles. The van der Waals surface area contributed by atoms with Crippen LogP contribution in [0.25, 0.3) is 0 Å². The van der Waals surface area contributed by atoms with Crippen LogP contribution in [0.1, 0.15) is 10.4 Å². The number of anilines is 2. The number of pyridine rings is 1. The van der Waals surface area contributed by atoms with Gasteiger partial charge in [-0.05, 0) is 30.3 Å². The number of benzene rings is 1. The number of amides is 2. The first-order chi connectivity index (χ1) is 13.3. The van der Waals surface area contributed by atoms with Crippen molar-refractivity contribution in [1.29, 1.82) is 0 Å². The molecule has 6 nitrogen and oxygen atoms in total. The second kappa shape index (κ2) is 8.05. The summed E-state index contributed by atoms with van der Waals surface area (Å²) in [4.78, 5) is 29.9. The van der Waals surface area contributed by atoms with Crippen molar-refractivity contribution < 1.29 is 22.8 Å². The highest BCUT2D eigenvalue weighted by atomic mass is 35.5. The molecule has 1 aromatic carbocycles. The summed E-state index contributed by atoms with van der Waals surface area (Å²) in [5.74, 6) is -2.16. The van der Waals surface area contributed by atoms with Gasteiger partial charge in [0.25, 0.3) is 5.91 Å². The molecule has 1 N–H and O–H groups in total. The lowest BCUT2D eigenvalue weighted by Crippen LogP contribution is -2.52. The number of carbonyl (C=O) groups excluding carboxylic acids is 2. The fourth-order valence-electron chi connectivity index (χ4n) is 2.87. The number of hydrogen-bond donors (Lipinski definition) is 1. The Morgan fingerprint density at radius 3 is 2.39 bits per heavy atom. The van der Waals surface area contributed by atoms with Crippen molar-refractivity contribution in [3.8, 4) is 0 Å². The Bertz CT molecular complexity index is 869. The second-order valence-corrected chi connectivity index (χ2v) is 6.55. The lowest BCUT2D eigenvalue weighted by atomic mass is 10.2. The fourth-order valence-corrected chi connectivity index (χ4v) is 3.17. The molecule has 2 aromatic rings. The van der Waals surface area contributed by atoms with E-state index in [1.165, 1.54) is 6.20 Å². The average molecular weight is 413 g/mol. The van der Waals surface area contributed by atoms with Crippen LogP contribution in [0.4, 0.5) is 24.5 Å². The standard InChI is InChI=1S/C18H16ClF3N4O2/c19-14-10-13(24-16(27)12-2-1-5-23-11-12)3-4-15(14)25-6-8-26(9-7-25)17(28)18(20,21)22/h1-5,10-11H,6-9H2,(H,24,27). The highest BCUT2D eigenvalue weighted by Gasteiger charge is 2.43. The molecule has 0 bridgehead atoms. The van der Waals surface area contributed by atoms with Crippen molar-refractivity contribution in [1.82, 2.24) is 9.88 Å². The molecule has 0 saturated carbocycles. The van der Waals surface area contributed by atoms with E-state index in [1.54, 1.807) is 41.4 Å². The quantitative estimate of drug-likeness (QED) is 0.840. The first kappa shape index (κ1) is 19.9. The number of piperazine rings is 1. The number of rotatable bonds is 3. The van der Waals surface area contributed by atoms with Crippen LogP contribution in [0.3, 0.4) is 0 Å². The van der Waals surface area contributed by atoms with Gasteiger partial charge >= 0.3 is 12.1 Å². The Hall–Kier alpha value is -2.81. The summed E-state index contributed by atoms with van der Waals surface area (Å²) in [6.45, 7) is 0.355. The molecule has 1 aliphatic heterocycles. The number of hydrogen-bond acceptors (Lipinski definition) is 4. The highest BCUT2D eigenvalue weighted by Crippen LogP contribution is 2.30. The molecule has 0 aliphatic carbocycles. The molecular weight excluding hydrogens is 397 g/mol. The summed E-state index contributed by atoms with van der Waals surface area (Å²) in [7, 11) is 0. The number of aromatic nitrogens is 1. The van der Waals surface area contributed by atoms with Gasteiger partial charge in [-0.15, -0.1) is 0 Å². The molecule has 28 heavy (non-hydrogen) atoms. The lowest BCUT2D eigenvalue weighted by Gasteiger charge is -2.36. The Kier molecular flexibility index (Phi) is 5.73. The van der Waals surface area contributed by atoms with Gasteiger partial charge in [0.15, 0.2) is 0 Å². The molecule has 2 amide bonds. The van der Waals surface area contributed by atoms with Crippen LogP contribution in [0.5, 0.6) is 0 Å². The average Bonchev–Trinajstić information content (AvgIpc) is 2.68. The van der Waals surface area contributed by atoms with Gasteiger partial charge in [0.2, 0.25) is 0 Å². The first-order valence-electron chi connectivity index (χ1n) is 8.37. The van der Waals surface area contributed by atoms with Gasteiger partial charge in [-0.2, -0.15) is 13.2 Å². The number of carbonyl (C=O) groups is 2. The van der Waals surface area contributed by atoms with Gasteiger partial charge in [0, 0.05) is 44.3 Å². The van der Waals surface area contributed by atoms with Gasteiger partial charge in [-0.3, -0.25) is 14.6 Å². The van der Waals surface area contributed by atoms with E-state index >= 15 is 0 Å². The van der Waals surface area contributed by atoms with Crippen molar-refractivity contribution in [2.45, 2.75) is 6.18 Å². The second-order valence-electron chi connectivity index (χ2n) is 6.14. The highest BCUT2D eigenvalue weighted by molar-refractivity contribution is 6.33. The summed E-state index contributed by atoms with van der Waals surface area (Å²) in [6, 6.07) is 8.18. The van der Waals surface area contributed by atoms with E-state index in [1.807, 2.05) is 0 Å². The number of halogens is 4. The third-order valence-corrected chi connectivity index (χ3v) is 4.58. The van der Waals surface area contributed by atoms with Gasteiger partial charge in [-0.1, -0.05) is 11.6 Å². The molecule has 0 atom stereocenters. The topological polar surface area (TPSA) is 65.5 Å². The molecule has 1 saturated heterocycles. The van der Waals surface area contributed by atoms with Crippen LogP contribution in [0.15, 0.2) is 42.7 Å². The first-order valence-corrected chi connectivity index (χ1v) is 8.75. The fraction of sp³-hybridized carbons (Fsp3) is 0.278. The monoisotopic (exact) mass is 412 g/mol. The molecular formula is C18H16ClF3N4O2. The maximum absolute atomic E-state index is 12.5. The van der Waals surface area contributed by atoms with Crippen LogP contribution >= 0.6 is 11.6 Å². The third kappa shape index (κ3) is 4.53. The summed E-state index contributed by atoms with van der Waals surface area (Å²) in [6.07, 6.45) is -1.87. The Balaban J connectivity index is 1.64. The SMILES string of the molecule is O=C(Nc1ccc(N2CCN(C(=O)C(F)(F)F)CC2)c(Cl)c1)c1cccnc1. The largest absolute Gasteiger partial charge is 0.471 e. The van der Waals surface area contributed by atoms with Gasteiger partial charge in [-0.25, -0.2) is 0 Å². The molecule has 0 spiro atoms. The van der Waals surface area contributed by atoms with Gasteiger partial charge < -0.3 is 15.1 Å². The van der Waals surface area contributed by atoms with Crippen molar-refractivity contribution in [3.63, 3.8) is 0 Å². The van der Waals surface area contributed by atoms with E-state index < -0.39 is 12.1 Å². The van der Waals surface area contributed by atoms with Crippen molar-refractivity contribution in [2.75, 3.05) is 36.4 Å². The van der Waals surface area contributed by atoms with Crippen molar-refractivity contribution in [2.24, 2.45) is 0 Å². The molecule has 0 radical (unpaired) electrons. The Labute approximate surface area is 163 Å². The van der Waals surface area contributed by atoms with E-state index in [4.69, 9.17) is 11.6 Å². The maximum Gasteiger partial charge on any atom is 0.471 e. The van der Waals surface area contributed by atoms with Crippen LogP contribution in [0.2, 0.25) is 5.02 Å². The minimum absolute atomic E-state index is 0.0475. The van der Waals surface area contributed by atoms with E-state index in [0.717, 1.165) is 4.90 Å². The molecule has 1 aliphatic rings. The Morgan fingerprint density at radius 1 is 1.11 bits per heavy atom. The predicted octanol–water partition coefficient (Wildman–Crippen LogP) is 3.20. The normalized spacial score (nSPS) is 14.7. The minimum atomic E-state index is -4.87. The van der Waals surface area contributed by atoms with E-state index in [-0.39, 0.29) is 32.1 Å². The van der Waals surface area contributed by atoms with Crippen LogP contribution in [0, 0.1) is 0 Å². The number of alkyl halides is 3. The predicted molar refractivity (Wildman–Crippen MR) is 98.5 cm³/mol. The Morgan fingerprint density at radius 2 is 1.82 bits per heavy atom. The summed E-state index contributed by atoms with van der Waals surface area (Å²) in [5.41, 5.74) is 1.50. The molecule has 1 aromatic heterocycles. The molecule has 10 heteroatoms. The minimum Gasteiger partial charge on any atom is -0.367 e. The van der Waals surface area contributed by atoms with Crippen molar-refractivity contribution >= 4 is 34.8 Å². The maximum atomic E-state index is 12.5. The molecule has 148 valence electrons. The lowest BCUT2D eigenvalue weighted by molar-refractivity contribution is -0.185. The molecule has 0 unspecified atom stereocenters. The zero-order chi connectivity index (χ0) is 20.3. The van der Waals surface area contributed by atoms with Crippen LogP contribution < -0.4 is 10.2 Å². The smallest absolute Gasteiger partial charge is 0.367 e. The van der Waals surface area contributed by atoms with E-state index in [0.29, 0.717) is 22.0 Å². The van der Waals surface area contributed by atoms with Gasteiger partial charge in [0.05, 0.1) is 16.3 Å². The summed E-state index contributed by atoms with van der Waals surface area (Å²) < 4.78 is 37.6. The van der Waals surface area contributed by atoms with Gasteiger partial charge in [0.1, 0.15) is 0 Å². The zero-order valence-electron chi connectivity index (χ0n) is 14.5. The van der Waals surface area contributed by atoms with Crippen molar-refractivity contribution in [3.05, 3.63) is 53.3 Å².